The van der Waals surface area contributed by atoms with E-state index in [1.165, 1.54) is 44.3 Å². The van der Waals surface area contributed by atoms with Gasteiger partial charge in [0.05, 0.1) is 6.54 Å². The Hall–Kier alpha value is -0.800. The van der Waals surface area contributed by atoms with Crippen molar-refractivity contribution in [2.45, 2.75) is 52.6 Å². The summed E-state index contributed by atoms with van der Waals surface area (Å²) in [6, 6.07) is 2.26. The van der Waals surface area contributed by atoms with Crippen LogP contribution in [0.15, 0.2) is 10.5 Å². The molecule has 3 rings (SSSR count). The molecule has 1 aliphatic carbocycles. The van der Waals surface area contributed by atoms with Crippen molar-refractivity contribution >= 4 is 0 Å². The number of fused-ring (bicyclic) bond motifs is 1. The third-order valence-corrected chi connectivity index (χ3v) is 4.99. The van der Waals surface area contributed by atoms with Crippen molar-refractivity contribution in [3.63, 3.8) is 0 Å². The molecule has 2 aliphatic rings. The third kappa shape index (κ3) is 3.09. The van der Waals surface area contributed by atoms with E-state index in [1.54, 1.807) is 0 Å². The first-order chi connectivity index (χ1) is 9.76. The largest absolute Gasteiger partial charge is 0.465 e. The summed E-state index contributed by atoms with van der Waals surface area (Å²) in [6.07, 6.45) is 5.54. The summed E-state index contributed by atoms with van der Waals surface area (Å²) in [5.41, 5.74) is 1.39. The van der Waals surface area contributed by atoms with Gasteiger partial charge in [-0.2, -0.15) is 0 Å². The Morgan fingerprint density at radius 1 is 1.30 bits per heavy atom. The van der Waals surface area contributed by atoms with E-state index >= 15 is 0 Å². The molecule has 1 aromatic rings. The quantitative estimate of drug-likeness (QED) is 0.808. The van der Waals surface area contributed by atoms with Crippen LogP contribution in [0.5, 0.6) is 0 Å². The molecule has 3 heteroatoms. The fourth-order valence-electron chi connectivity index (χ4n) is 3.92. The SMILES string of the molecule is CCCNCc1cc(CN2CC3CCCC3C2)c(C)o1. The summed E-state index contributed by atoms with van der Waals surface area (Å²) in [6.45, 7) is 9.91. The second kappa shape index (κ2) is 6.31. The molecule has 0 radical (unpaired) electrons. The van der Waals surface area contributed by atoms with E-state index in [1.807, 2.05) is 0 Å². The zero-order valence-electron chi connectivity index (χ0n) is 13.0. The van der Waals surface area contributed by atoms with Gasteiger partial charge in [-0.1, -0.05) is 13.3 Å². The van der Waals surface area contributed by atoms with Crippen molar-refractivity contribution in [3.8, 4) is 0 Å². The lowest BCUT2D eigenvalue weighted by Crippen LogP contribution is -2.21. The van der Waals surface area contributed by atoms with Crippen LogP contribution in [0.4, 0.5) is 0 Å². The predicted molar refractivity (Wildman–Crippen MR) is 81.6 cm³/mol. The van der Waals surface area contributed by atoms with E-state index in [4.69, 9.17) is 4.42 Å². The van der Waals surface area contributed by atoms with Gasteiger partial charge in [0.1, 0.15) is 11.5 Å². The molecule has 3 nitrogen and oxygen atoms in total. The van der Waals surface area contributed by atoms with Crippen LogP contribution in [0, 0.1) is 18.8 Å². The smallest absolute Gasteiger partial charge is 0.118 e. The molecule has 0 bridgehead atoms. The molecule has 20 heavy (non-hydrogen) atoms. The zero-order valence-corrected chi connectivity index (χ0v) is 13.0. The first-order valence-electron chi connectivity index (χ1n) is 8.27. The number of likely N-dealkylation sites (tertiary alicyclic amines) is 1. The second-order valence-electron chi connectivity index (χ2n) is 6.62. The van der Waals surface area contributed by atoms with Crippen LogP contribution in [0.3, 0.4) is 0 Å². The average Bonchev–Trinajstić information content (AvgIpc) is 3.06. The van der Waals surface area contributed by atoms with E-state index in [0.717, 1.165) is 43.0 Å². The number of nitrogens with zero attached hydrogens (tertiary/aromatic N) is 1. The Bertz CT molecular complexity index is 428. The molecule has 2 atom stereocenters. The lowest BCUT2D eigenvalue weighted by molar-refractivity contribution is 0.301. The summed E-state index contributed by atoms with van der Waals surface area (Å²) < 4.78 is 5.88. The van der Waals surface area contributed by atoms with Crippen LogP contribution in [-0.4, -0.2) is 24.5 Å². The molecule has 2 fully saturated rings. The standard InChI is InChI=1S/C17H28N2O/c1-3-7-18-9-17-8-16(13(2)20-17)12-19-10-14-5-4-6-15(14)11-19/h8,14-15,18H,3-7,9-12H2,1-2H3. The maximum atomic E-state index is 5.88. The first-order valence-corrected chi connectivity index (χ1v) is 8.27. The highest BCUT2D eigenvalue weighted by molar-refractivity contribution is 5.21. The summed E-state index contributed by atoms with van der Waals surface area (Å²) >= 11 is 0. The van der Waals surface area contributed by atoms with Crippen LogP contribution in [0.2, 0.25) is 0 Å². The van der Waals surface area contributed by atoms with Crippen molar-refractivity contribution in [3.05, 3.63) is 23.2 Å². The highest BCUT2D eigenvalue weighted by Gasteiger charge is 2.36. The monoisotopic (exact) mass is 276 g/mol. The minimum Gasteiger partial charge on any atom is -0.465 e. The van der Waals surface area contributed by atoms with Gasteiger partial charge in [-0.25, -0.2) is 0 Å². The molecule has 112 valence electrons. The molecule has 1 saturated carbocycles. The lowest BCUT2D eigenvalue weighted by Gasteiger charge is -2.15. The molecule has 1 N–H and O–H groups in total. The molecule has 1 saturated heterocycles. The number of hydrogen-bond acceptors (Lipinski definition) is 3. The Morgan fingerprint density at radius 3 is 2.75 bits per heavy atom. The molecule has 0 spiro atoms. The Labute approximate surface area is 122 Å². The van der Waals surface area contributed by atoms with Gasteiger partial charge in [0.15, 0.2) is 0 Å². The number of furan rings is 1. The van der Waals surface area contributed by atoms with Crippen molar-refractivity contribution in [1.29, 1.82) is 0 Å². The minimum atomic E-state index is 0.861. The van der Waals surface area contributed by atoms with E-state index in [2.05, 4.69) is 30.1 Å². The lowest BCUT2D eigenvalue weighted by atomic mass is 10.0. The maximum Gasteiger partial charge on any atom is 0.118 e. The van der Waals surface area contributed by atoms with Gasteiger partial charge in [0, 0.05) is 25.2 Å². The first kappa shape index (κ1) is 14.2. The van der Waals surface area contributed by atoms with Crippen LogP contribution in [-0.2, 0) is 13.1 Å². The van der Waals surface area contributed by atoms with Crippen LogP contribution < -0.4 is 5.32 Å². The number of rotatable bonds is 6. The molecule has 1 aromatic heterocycles. The van der Waals surface area contributed by atoms with E-state index in [-0.39, 0.29) is 0 Å². The van der Waals surface area contributed by atoms with Gasteiger partial charge < -0.3 is 9.73 Å². The predicted octanol–water partition coefficient (Wildman–Crippen LogP) is 3.32. The highest BCUT2D eigenvalue weighted by Crippen LogP contribution is 2.38. The summed E-state index contributed by atoms with van der Waals surface area (Å²) in [5, 5.41) is 3.41. The van der Waals surface area contributed by atoms with E-state index < -0.39 is 0 Å². The van der Waals surface area contributed by atoms with E-state index in [0.29, 0.717) is 0 Å². The fraction of sp³-hybridized carbons (Fsp3) is 0.765. The Kier molecular flexibility index (Phi) is 4.47. The number of aryl methyl sites for hydroxylation is 1. The fourth-order valence-corrected chi connectivity index (χ4v) is 3.92. The van der Waals surface area contributed by atoms with Gasteiger partial charge in [-0.05, 0) is 50.6 Å². The van der Waals surface area contributed by atoms with Crippen LogP contribution in [0.1, 0.15) is 49.7 Å². The molecule has 1 aliphatic heterocycles. The Morgan fingerprint density at radius 2 is 2.05 bits per heavy atom. The third-order valence-electron chi connectivity index (χ3n) is 4.99. The molecule has 2 unspecified atom stereocenters. The second-order valence-corrected chi connectivity index (χ2v) is 6.62. The molecule has 2 heterocycles. The van der Waals surface area contributed by atoms with E-state index in [9.17, 15) is 0 Å². The van der Waals surface area contributed by atoms with Crippen molar-refractivity contribution in [2.24, 2.45) is 11.8 Å². The molecular formula is C17H28N2O. The van der Waals surface area contributed by atoms with Crippen LogP contribution in [0.25, 0.3) is 0 Å². The van der Waals surface area contributed by atoms with Crippen LogP contribution >= 0.6 is 0 Å². The van der Waals surface area contributed by atoms with Gasteiger partial charge in [-0.15, -0.1) is 0 Å². The van der Waals surface area contributed by atoms with Gasteiger partial charge in [0.2, 0.25) is 0 Å². The van der Waals surface area contributed by atoms with Crippen molar-refractivity contribution in [1.82, 2.24) is 10.2 Å². The maximum absolute atomic E-state index is 5.88. The molecule has 0 amide bonds. The zero-order chi connectivity index (χ0) is 13.9. The summed E-state index contributed by atoms with van der Waals surface area (Å²) in [5.74, 6) is 4.15. The van der Waals surface area contributed by atoms with Crippen molar-refractivity contribution in [2.75, 3.05) is 19.6 Å². The Balaban J connectivity index is 1.55. The normalized spacial score (nSPS) is 26.3. The van der Waals surface area contributed by atoms with Gasteiger partial charge in [-0.3, -0.25) is 4.90 Å². The highest BCUT2D eigenvalue weighted by atomic mass is 16.3. The molecule has 0 aromatic carbocycles. The molecular weight excluding hydrogens is 248 g/mol. The minimum absolute atomic E-state index is 0.861. The summed E-state index contributed by atoms with van der Waals surface area (Å²) in [4.78, 5) is 2.63. The summed E-state index contributed by atoms with van der Waals surface area (Å²) in [7, 11) is 0. The number of hydrogen-bond donors (Lipinski definition) is 1. The van der Waals surface area contributed by atoms with Crippen molar-refractivity contribution < 1.29 is 4.42 Å². The van der Waals surface area contributed by atoms with Gasteiger partial charge >= 0.3 is 0 Å². The number of nitrogens with one attached hydrogen (secondary N) is 1. The topological polar surface area (TPSA) is 28.4 Å². The van der Waals surface area contributed by atoms with Gasteiger partial charge in [0.25, 0.3) is 0 Å². The average molecular weight is 276 g/mol.